The van der Waals surface area contributed by atoms with Crippen molar-refractivity contribution >= 4 is 28.1 Å². The Kier molecular flexibility index (Phi) is 5.22. The average Bonchev–Trinajstić information content (AvgIpc) is 3.21. The average molecular weight is 404 g/mol. The molecule has 3 aromatic heterocycles. The number of fused-ring (bicyclic) bond motifs is 1. The molecular weight excluding hydrogens is 384 g/mol. The van der Waals surface area contributed by atoms with Gasteiger partial charge < -0.3 is 9.88 Å². The monoisotopic (exact) mass is 404 g/mol. The number of nitrogens with one attached hydrogen (secondary N) is 1. The number of hydrogen-bond donors (Lipinski definition) is 1. The zero-order chi connectivity index (χ0) is 20.4. The second kappa shape index (κ2) is 7.97. The summed E-state index contributed by atoms with van der Waals surface area (Å²) in [6.07, 6.45) is 4.46. The summed E-state index contributed by atoms with van der Waals surface area (Å²) in [5.74, 6) is -0.258. The zero-order valence-corrected chi connectivity index (χ0v) is 17.0. The van der Waals surface area contributed by atoms with Crippen LogP contribution in [0.4, 0.5) is 0 Å². The maximum atomic E-state index is 13.1. The van der Waals surface area contributed by atoms with Crippen LogP contribution in [-0.4, -0.2) is 25.8 Å². The van der Waals surface area contributed by atoms with Crippen molar-refractivity contribution < 1.29 is 4.79 Å². The molecule has 1 aromatic carbocycles. The predicted molar refractivity (Wildman–Crippen MR) is 114 cm³/mol. The van der Waals surface area contributed by atoms with E-state index in [-0.39, 0.29) is 23.7 Å². The van der Waals surface area contributed by atoms with Crippen molar-refractivity contribution in [3.05, 3.63) is 91.9 Å². The van der Waals surface area contributed by atoms with E-state index in [4.69, 9.17) is 0 Å². The summed E-state index contributed by atoms with van der Waals surface area (Å²) in [6, 6.07) is 9.84. The first kappa shape index (κ1) is 19.0. The van der Waals surface area contributed by atoms with Gasteiger partial charge in [-0.25, -0.2) is 4.98 Å². The summed E-state index contributed by atoms with van der Waals surface area (Å²) < 4.78 is 0. The van der Waals surface area contributed by atoms with Gasteiger partial charge in [0.15, 0.2) is 0 Å². The van der Waals surface area contributed by atoms with Crippen LogP contribution in [0.2, 0.25) is 0 Å². The molecule has 3 heterocycles. The van der Waals surface area contributed by atoms with Crippen molar-refractivity contribution in [1.29, 1.82) is 0 Å². The lowest BCUT2D eigenvalue weighted by Crippen LogP contribution is -2.32. The number of aromatic nitrogens is 3. The summed E-state index contributed by atoms with van der Waals surface area (Å²) in [5.41, 5.74) is 3.59. The molecule has 0 aliphatic heterocycles. The number of aryl methyl sites for hydroxylation is 2. The molecule has 146 valence electrons. The smallest absolute Gasteiger partial charge is 0.274 e. The third-order valence-corrected chi connectivity index (χ3v) is 5.61. The number of rotatable bonds is 5. The van der Waals surface area contributed by atoms with Crippen molar-refractivity contribution in [2.24, 2.45) is 0 Å². The number of carbonyl (C=O) groups excluding carboxylic acids is 1. The molecule has 1 N–H and O–H groups in total. The van der Waals surface area contributed by atoms with Crippen LogP contribution in [0.25, 0.3) is 10.9 Å². The highest BCUT2D eigenvalue weighted by Crippen LogP contribution is 2.20. The predicted octanol–water partition coefficient (Wildman–Crippen LogP) is 3.84. The van der Waals surface area contributed by atoms with Gasteiger partial charge in [-0.15, -0.1) is 11.3 Å². The highest BCUT2D eigenvalue weighted by molar-refractivity contribution is 7.09. The van der Waals surface area contributed by atoms with E-state index in [1.54, 1.807) is 16.2 Å². The quantitative estimate of drug-likeness (QED) is 0.548. The van der Waals surface area contributed by atoms with Gasteiger partial charge in [0.1, 0.15) is 5.69 Å². The minimum absolute atomic E-state index is 0.186. The number of amides is 1. The molecule has 1 amide bonds. The fraction of sp³-hybridized carbons (Fsp3) is 0.182. The van der Waals surface area contributed by atoms with Crippen LogP contribution >= 0.6 is 11.3 Å². The molecule has 0 saturated carbocycles. The third kappa shape index (κ3) is 4.09. The molecule has 4 rings (SSSR count). The van der Waals surface area contributed by atoms with Gasteiger partial charge in [0.25, 0.3) is 11.5 Å². The first-order valence-electron chi connectivity index (χ1n) is 9.22. The summed E-state index contributed by atoms with van der Waals surface area (Å²) in [6.45, 7) is 4.61. The van der Waals surface area contributed by atoms with Crippen LogP contribution in [-0.2, 0) is 13.1 Å². The van der Waals surface area contributed by atoms with Crippen LogP contribution in [0, 0.1) is 13.8 Å². The van der Waals surface area contributed by atoms with Crippen molar-refractivity contribution in [3.8, 4) is 0 Å². The number of benzene rings is 1. The van der Waals surface area contributed by atoms with E-state index in [1.165, 1.54) is 18.6 Å². The summed E-state index contributed by atoms with van der Waals surface area (Å²) in [4.78, 5) is 39.6. The van der Waals surface area contributed by atoms with E-state index in [0.29, 0.717) is 12.1 Å². The number of thiophene rings is 1. The molecular formula is C22H20N4O2S. The Morgan fingerprint density at radius 1 is 1.17 bits per heavy atom. The first-order valence-corrected chi connectivity index (χ1v) is 10.1. The third-order valence-electron chi connectivity index (χ3n) is 4.75. The second-order valence-corrected chi connectivity index (χ2v) is 8.03. The van der Waals surface area contributed by atoms with Crippen molar-refractivity contribution in [2.75, 3.05) is 0 Å². The van der Waals surface area contributed by atoms with Crippen LogP contribution in [0.15, 0.2) is 59.1 Å². The van der Waals surface area contributed by atoms with E-state index >= 15 is 0 Å². The van der Waals surface area contributed by atoms with Crippen LogP contribution < -0.4 is 5.56 Å². The maximum Gasteiger partial charge on any atom is 0.274 e. The summed E-state index contributed by atoms with van der Waals surface area (Å²) in [5, 5.41) is 2.95. The van der Waals surface area contributed by atoms with Gasteiger partial charge in [-0.1, -0.05) is 12.1 Å². The van der Waals surface area contributed by atoms with Crippen molar-refractivity contribution in [3.63, 3.8) is 0 Å². The van der Waals surface area contributed by atoms with E-state index in [9.17, 15) is 9.59 Å². The lowest BCUT2D eigenvalue weighted by molar-refractivity contribution is 0.0724. The van der Waals surface area contributed by atoms with Gasteiger partial charge in [0.05, 0.1) is 19.3 Å². The summed E-state index contributed by atoms with van der Waals surface area (Å²) in [7, 11) is 0. The van der Waals surface area contributed by atoms with Gasteiger partial charge in [0, 0.05) is 33.7 Å². The molecule has 29 heavy (non-hydrogen) atoms. The normalized spacial score (nSPS) is 11.0. The lowest BCUT2D eigenvalue weighted by atomic mass is 10.0. The Morgan fingerprint density at radius 2 is 2.03 bits per heavy atom. The lowest BCUT2D eigenvalue weighted by Gasteiger charge is -2.22. The maximum absolute atomic E-state index is 13.1. The SMILES string of the molecule is Cc1cc(C)c2cc(CN(Cc3cccs3)C(=O)c3cnccn3)c(=O)[nH]c2c1. The number of carbonyl (C=O) groups is 1. The number of nitrogens with zero attached hydrogens (tertiary/aromatic N) is 3. The first-order chi connectivity index (χ1) is 14.0. The Morgan fingerprint density at radius 3 is 2.76 bits per heavy atom. The molecule has 0 spiro atoms. The van der Waals surface area contributed by atoms with Gasteiger partial charge in [-0.2, -0.15) is 0 Å². The Hall–Kier alpha value is -3.32. The largest absolute Gasteiger partial charge is 0.328 e. The molecule has 0 aliphatic rings. The topological polar surface area (TPSA) is 79.0 Å². The Bertz CT molecular complexity index is 1220. The highest BCUT2D eigenvalue weighted by Gasteiger charge is 2.20. The van der Waals surface area contributed by atoms with Crippen molar-refractivity contribution in [2.45, 2.75) is 26.9 Å². The Labute approximate surface area is 171 Å². The highest BCUT2D eigenvalue weighted by atomic mass is 32.1. The fourth-order valence-corrected chi connectivity index (χ4v) is 4.12. The molecule has 0 radical (unpaired) electrons. The molecule has 0 unspecified atom stereocenters. The van der Waals surface area contributed by atoms with Crippen LogP contribution in [0.3, 0.4) is 0 Å². The molecule has 6 nitrogen and oxygen atoms in total. The van der Waals surface area contributed by atoms with E-state index in [0.717, 1.165) is 26.9 Å². The summed E-state index contributed by atoms with van der Waals surface area (Å²) >= 11 is 1.57. The van der Waals surface area contributed by atoms with E-state index in [2.05, 4.69) is 21.0 Å². The van der Waals surface area contributed by atoms with E-state index in [1.807, 2.05) is 43.5 Å². The standard InChI is InChI=1S/C22H20N4O2S/c1-14-8-15(2)18-10-16(21(27)25-19(18)9-14)12-26(13-17-4-3-7-29-17)22(28)20-11-23-5-6-24-20/h3-11H,12-13H2,1-2H3,(H,25,27). The Balaban J connectivity index is 1.73. The van der Waals surface area contributed by atoms with Crippen molar-refractivity contribution in [1.82, 2.24) is 19.9 Å². The molecule has 7 heteroatoms. The molecule has 0 bridgehead atoms. The van der Waals surface area contributed by atoms with Crippen LogP contribution in [0.1, 0.15) is 32.1 Å². The van der Waals surface area contributed by atoms with Crippen LogP contribution in [0.5, 0.6) is 0 Å². The molecule has 0 atom stereocenters. The van der Waals surface area contributed by atoms with Gasteiger partial charge in [-0.3, -0.25) is 14.6 Å². The molecule has 0 aliphatic carbocycles. The number of pyridine rings is 1. The minimum atomic E-state index is -0.258. The zero-order valence-electron chi connectivity index (χ0n) is 16.2. The van der Waals surface area contributed by atoms with Gasteiger partial charge >= 0.3 is 0 Å². The van der Waals surface area contributed by atoms with Gasteiger partial charge in [0.2, 0.25) is 0 Å². The van der Waals surface area contributed by atoms with Gasteiger partial charge in [-0.05, 0) is 48.6 Å². The molecule has 4 aromatic rings. The minimum Gasteiger partial charge on any atom is -0.328 e. The van der Waals surface area contributed by atoms with E-state index < -0.39 is 0 Å². The molecule has 0 saturated heterocycles. The number of H-pyrrole nitrogens is 1. The number of hydrogen-bond acceptors (Lipinski definition) is 5. The second-order valence-electron chi connectivity index (χ2n) is 7.00. The number of aromatic amines is 1. The molecule has 0 fully saturated rings. The fourth-order valence-electron chi connectivity index (χ4n) is 3.40.